The van der Waals surface area contributed by atoms with Gasteiger partial charge in [-0.25, -0.2) is 0 Å². The van der Waals surface area contributed by atoms with Crippen LogP contribution in [0.15, 0.2) is 12.2 Å². The number of ketones is 1. The Bertz CT molecular complexity index is 209. The lowest BCUT2D eigenvalue weighted by Crippen LogP contribution is -2.20. The summed E-state index contributed by atoms with van der Waals surface area (Å²) in [5.74, 6) is 0.267. The SMILES string of the molecule is C=C(C)C(=O)CC1(CC)CCCC1. The molecule has 0 atom stereocenters. The summed E-state index contributed by atoms with van der Waals surface area (Å²) in [6, 6.07) is 0. The Kier molecular flexibility index (Phi) is 3.29. The lowest BCUT2D eigenvalue weighted by molar-refractivity contribution is -0.117. The summed E-state index contributed by atoms with van der Waals surface area (Å²) in [5, 5.41) is 0. The maximum Gasteiger partial charge on any atom is 0.158 e. The molecule has 1 rings (SSSR count). The summed E-state index contributed by atoms with van der Waals surface area (Å²) in [4.78, 5) is 11.6. The van der Waals surface area contributed by atoms with E-state index in [-0.39, 0.29) is 5.78 Å². The highest BCUT2D eigenvalue weighted by atomic mass is 16.1. The smallest absolute Gasteiger partial charge is 0.158 e. The molecular formula is C12H20O. The molecule has 1 aliphatic rings. The van der Waals surface area contributed by atoms with Gasteiger partial charge < -0.3 is 0 Å². The molecule has 0 aromatic rings. The van der Waals surface area contributed by atoms with Gasteiger partial charge in [0.05, 0.1) is 0 Å². The second-order valence-corrected chi connectivity index (χ2v) is 4.44. The van der Waals surface area contributed by atoms with Crippen molar-refractivity contribution in [3.8, 4) is 0 Å². The third-order valence-electron chi connectivity index (χ3n) is 3.43. The first-order chi connectivity index (χ1) is 6.09. The molecule has 1 aliphatic carbocycles. The van der Waals surface area contributed by atoms with Crippen molar-refractivity contribution in [1.82, 2.24) is 0 Å². The Labute approximate surface area is 81.2 Å². The Morgan fingerprint density at radius 2 is 1.92 bits per heavy atom. The second-order valence-electron chi connectivity index (χ2n) is 4.44. The van der Waals surface area contributed by atoms with E-state index in [4.69, 9.17) is 0 Å². The molecule has 0 amide bonds. The summed E-state index contributed by atoms with van der Waals surface area (Å²) < 4.78 is 0. The fourth-order valence-electron chi connectivity index (χ4n) is 2.27. The maximum absolute atomic E-state index is 11.6. The van der Waals surface area contributed by atoms with Gasteiger partial charge in [0, 0.05) is 6.42 Å². The topological polar surface area (TPSA) is 17.1 Å². The van der Waals surface area contributed by atoms with Crippen LogP contribution in [-0.2, 0) is 4.79 Å². The molecule has 0 aromatic carbocycles. The summed E-state index contributed by atoms with van der Waals surface area (Å²) in [7, 11) is 0. The van der Waals surface area contributed by atoms with Gasteiger partial charge in [-0.15, -0.1) is 0 Å². The van der Waals surface area contributed by atoms with Crippen molar-refractivity contribution in [3.63, 3.8) is 0 Å². The number of carbonyl (C=O) groups is 1. The van der Waals surface area contributed by atoms with Gasteiger partial charge in [0.15, 0.2) is 5.78 Å². The first kappa shape index (κ1) is 10.5. The highest BCUT2D eigenvalue weighted by molar-refractivity contribution is 5.94. The zero-order valence-corrected chi connectivity index (χ0v) is 8.86. The summed E-state index contributed by atoms with van der Waals surface area (Å²) in [5.41, 5.74) is 1.05. The fourth-order valence-corrected chi connectivity index (χ4v) is 2.27. The third kappa shape index (κ3) is 2.43. The van der Waals surface area contributed by atoms with E-state index in [1.54, 1.807) is 0 Å². The molecule has 1 heteroatoms. The third-order valence-corrected chi connectivity index (χ3v) is 3.43. The highest BCUT2D eigenvalue weighted by Crippen LogP contribution is 2.44. The molecule has 0 N–H and O–H groups in total. The van der Waals surface area contributed by atoms with Gasteiger partial charge >= 0.3 is 0 Å². The Morgan fingerprint density at radius 3 is 2.31 bits per heavy atom. The van der Waals surface area contributed by atoms with Gasteiger partial charge in [-0.1, -0.05) is 32.8 Å². The minimum Gasteiger partial charge on any atom is -0.295 e. The van der Waals surface area contributed by atoms with Crippen LogP contribution in [0.2, 0.25) is 0 Å². The molecule has 0 unspecified atom stereocenters. The Morgan fingerprint density at radius 1 is 1.38 bits per heavy atom. The number of rotatable bonds is 4. The van der Waals surface area contributed by atoms with Crippen LogP contribution >= 0.6 is 0 Å². The molecular weight excluding hydrogens is 160 g/mol. The Balaban J connectivity index is 2.58. The number of allylic oxidation sites excluding steroid dienone is 1. The quantitative estimate of drug-likeness (QED) is 0.605. The average Bonchev–Trinajstić information content (AvgIpc) is 2.54. The van der Waals surface area contributed by atoms with Crippen LogP contribution in [0.4, 0.5) is 0 Å². The molecule has 1 fully saturated rings. The molecule has 0 spiro atoms. The largest absolute Gasteiger partial charge is 0.295 e. The molecule has 1 saturated carbocycles. The number of hydrogen-bond donors (Lipinski definition) is 0. The molecule has 0 aromatic heterocycles. The lowest BCUT2D eigenvalue weighted by atomic mass is 9.78. The first-order valence-electron chi connectivity index (χ1n) is 5.28. The second kappa shape index (κ2) is 4.08. The van der Waals surface area contributed by atoms with Gasteiger partial charge in [0.2, 0.25) is 0 Å². The summed E-state index contributed by atoms with van der Waals surface area (Å²) in [6.45, 7) is 7.74. The molecule has 1 nitrogen and oxygen atoms in total. The standard InChI is InChI=1S/C12H20O/c1-4-12(7-5-6-8-12)9-11(13)10(2)3/h2,4-9H2,1,3H3. The van der Waals surface area contributed by atoms with Gasteiger partial charge in [-0.05, 0) is 30.8 Å². The van der Waals surface area contributed by atoms with Gasteiger partial charge in [0.1, 0.15) is 0 Å². The van der Waals surface area contributed by atoms with Crippen LogP contribution in [0.5, 0.6) is 0 Å². The van der Waals surface area contributed by atoms with Crippen LogP contribution in [-0.4, -0.2) is 5.78 Å². The van der Waals surface area contributed by atoms with Crippen LogP contribution < -0.4 is 0 Å². The lowest BCUT2D eigenvalue weighted by Gasteiger charge is -2.26. The number of hydrogen-bond acceptors (Lipinski definition) is 1. The minimum atomic E-state index is 0.267. The van der Waals surface area contributed by atoms with Crippen LogP contribution in [0.1, 0.15) is 52.4 Å². The normalized spacial score (nSPS) is 20.2. The van der Waals surface area contributed by atoms with E-state index in [2.05, 4.69) is 13.5 Å². The molecule has 0 heterocycles. The van der Waals surface area contributed by atoms with E-state index in [1.807, 2.05) is 6.92 Å². The molecule has 0 saturated heterocycles. The van der Waals surface area contributed by atoms with Crippen molar-refractivity contribution in [2.24, 2.45) is 5.41 Å². The van der Waals surface area contributed by atoms with Crippen LogP contribution in [0.25, 0.3) is 0 Å². The van der Waals surface area contributed by atoms with E-state index >= 15 is 0 Å². The Hall–Kier alpha value is -0.590. The van der Waals surface area contributed by atoms with Crippen LogP contribution in [0, 0.1) is 5.41 Å². The van der Waals surface area contributed by atoms with Crippen molar-refractivity contribution >= 4 is 5.78 Å². The van der Waals surface area contributed by atoms with Crippen molar-refractivity contribution < 1.29 is 4.79 Å². The van der Waals surface area contributed by atoms with Crippen LogP contribution in [0.3, 0.4) is 0 Å². The molecule has 0 aliphatic heterocycles. The number of Topliss-reactive ketones (excluding diaryl/α,β-unsaturated/α-hetero) is 1. The van der Waals surface area contributed by atoms with Crippen molar-refractivity contribution in [1.29, 1.82) is 0 Å². The fraction of sp³-hybridized carbons (Fsp3) is 0.750. The summed E-state index contributed by atoms with van der Waals surface area (Å²) >= 11 is 0. The van der Waals surface area contributed by atoms with Crippen molar-refractivity contribution in [2.45, 2.75) is 52.4 Å². The van der Waals surface area contributed by atoms with E-state index in [1.165, 1.54) is 25.7 Å². The van der Waals surface area contributed by atoms with E-state index in [0.717, 1.165) is 18.4 Å². The van der Waals surface area contributed by atoms with Crippen molar-refractivity contribution in [2.75, 3.05) is 0 Å². The van der Waals surface area contributed by atoms with Crippen molar-refractivity contribution in [3.05, 3.63) is 12.2 Å². The van der Waals surface area contributed by atoms with E-state index < -0.39 is 0 Å². The highest BCUT2D eigenvalue weighted by Gasteiger charge is 2.33. The predicted molar refractivity (Wildman–Crippen MR) is 55.6 cm³/mol. The predicted octanol–water partition coefficient (Wildman–Crippen LogP) is 3.49. The van der Waals surface area contributed by atoms with Gasteiger partial charge in [-0.3, -0.25) is 4.79 Å². The summed E-state index contributed by atoms with van der Waals surface area (Å²) in [6.07, 6.45) is 6.96. The monoisotopic (exact) mass is 180 g/mol. The van der Waals surface area contributed by atoms with E-state index in [0.29, 0.717) is 5.41 Å². The first-order valence-corrected chi connectivity index (χ1v) is 5.28. The molecule has 13 heavy (non-hydrogen) atoms. The zero-order chi connectivity index (χ0) is 9.90. The van der Waals surface area contributed by atoms with Gasteiger partial charge in [0.25, 0.3) is 0 Å². The average molecular weight is 180 g/mol. The zero-order valence-electron chi connectivity index (χ0n) is 8.86. The molecule has 74 valence electrons. The minimum absolute atomic E-state index is 0.267. The van der Waals surface area contributed by atoms with Gasteiger partial charge in [-0.2, -0.15) is 0 Å². The molecule has 0 radical (unpaired) electrons. The van der Waals surface area contributed by atoms with E-state index in [9.17, 15) is 4.79 Å². The molecule has 0 bridgehead atoms. The maximum atomic E-state index is 11.6. The number of carbonyl (C=O) groups excluding carboxylic acids is 1.